The van der Waals surface area contributed by atoms with Crippen molar-refractivity contribution in [2.75, 3.05) is 7.11 Å². The lowest BCUT2D eigenvalue weighted by atomic mass is 10.1. The molecule has 4 heteroatoms. The monoisotopic (exact) mass is 423 g/mol. The Balaban J connectivity index is 1.56. The minimum absolute atomic E-state index is 0.396. The zero-order chi connectivity index (χ0) is 21.3. The second-order valence-electron chi connectivity index (χ2n) is 7.69. The number of halogens is 1. The van der Waals surface area contributed by atoms with Gasteiger partial charge in [-0.1, -0.05) is 71.8 Å². The molecule has 0 radical (unpaired) electrons. The molecular weight excluding hydrogens is 394 g/mol. The Bertz CT molecular complexity index is 926. The van der Waals surface area contributed by atoms with Gasteiger partial charge >= 0.3 is 0 Å². The molecular formula is C26H30ClNO2. The van der Waals surface area contributed by atoms with Gasteiger partial charge in [-0.25, -0.2) is 0 Å². The van der Waals surface area contributed by atoms with Crippen LogP contribution in [0.1, 0.15) is 35.6 Å². The van der Waals surface area contributed by atoms with Crippen molar-refractivity contribution in [3.05, 3.63) is 94.0 Å². The molecule has 0 amide bonds. The predicted octanol–water partition coefficient (Wildman–Crippen LogP) is 6.35. The number of ether oxygens (including phenoxy) is 2. The maximum absolute atomic E-state index is 6.53. The van der Waals surface area contributed by atoms with Crippen LogP contribution in [0.5, 0.6) is 11.5 Å². The second-order valence-corrected chi connectivity index (χ2v) is 8.10. The number of nitrogens with one attached hydrogen (secondary N) is 1. The molecule has 1 atom stereocenters. The van der Waals surface area contributed by atoms with Crippen molar-refractivity contribution in [3.63, 3.8) is 0 Å². The molecule has 3 rings (SSSR count). The van der Waals surface area contributed by atoms with Gasteiger partial charge in [0.05, 0.1) is 12.1 Å². The third-order valence-corrected chi connectivity index (χ3v) is 5.44. The van der Waals surface area contributed by atoms with E-state index in [1.54, 1.807) is 7.11 Å². The highest BCUT2D eigenvalue weighted by molar-refractivity contribution is 6.32. The summed E-state index contributed by atoms with van der Waals surface area (Å²) >= 11 is 6.53. The average Bonchev–Trinajstić information content (AvgIpc) is 2.77. The van der Waals surface area contributed by atoms with Crippen molar-refractivity contribution in [2.45, 2.75) is 45.9 Å². The zero-order valence-corrected chi connectivity index (χ0v) is 18.7. The van der Waals surface area contributed by atoms with Crippen LogP contribution in [0.2, 0.25) is 5.02 Å². The molecule has 0 aliphatic rings. The van der Waals surface area contributed by atoms with Crippen LogP contribution in [0.4, 0.5) is 0 Å². The number of hydrogen-bond acceptors (Lipinski definition) is 3. The van der Waals surface area contributed by atoms with Crippen molar-refractivity contribution < 1.29 is 9.47 Å². The van der Waals surface area contributed by atoms with Crippen LogP contribution in [0.3, 0.4) is 0 Å². The first-order valence-electron chi connectivity index (χ1n) is 10.4. The zero-order valence-electron chi connectivity index (χ0n) is 18.0. The van der Waals surface area contributed by atoms with Gasteiger partial charge in [0, 0.05) is 12.6 Å². The Morgan fingerprint density at radius 2 is 1.67 bits per heavy atom. The Labute approximate surface area is 185 Å². The molecule has 0 aliphatic heterocycles. The Hall–Kier alpha value is -2.49. The van der Waals surface area contributed by atoms with Crippen LogP contribution in [0.25, 0.3) is 0 Å². The van der Waals surface area contributed by atoms with Gasteiger partial charge in [0.1, 0.15) is 6.61 Å². The fourth-order valence-corrected chi connectivity index (χ4v) is 3.57. The lowest BCUT2D eigenvalue weighted by Gasteiger charge is -2.17. The Kier molecular flexibility index (Phi) is 8.18. The molecule has 3 nitrogen and oxygen atoms in total. The van der Waals surface area contributed by atoms with Crippen molar-refractivity contribution in [2.24, 2.45) is 0 Å². The molecule has 0 aromatic heterocycles. The van der Waals surface area contributed by atoms with E-state index >= 15 is 0 Å². The summed E-state index contributed by atoms with van der Waals surface area (Å²) in [6, 6.07) is 23.2. The molecule has 3 aromatic rings. The van der Waals surface area contributed by atoms with Crippen LogP contribution in [0.15, 0.2) is 66.7 Å². The van der Waals surface area contributed by atoms with Gasteiger partial charge in [0.2, 0.25) is 0 Å². The maximum Gasteiger partial charge on any atom is 0.180 e. The van der Waals surface area contributed by atoms with E-state index in [1.807, 2.05) is 12.1 Å². The SMILES string of the molecule is COc1cc(CN[C@H](C)CCc2ccccc2)cc(Cl)c1OCc1ccc(C)cc1. The fraction of sp³-hybridized carbons (Fsp3) is 0.308. The topological polar surface area (TPSA) is 30.5 Å². The van der Waals surface area contributed by atoms with Crippen molar-refractivity contribution in [1.82, 2.24) is 5.32 Å². The van der Waals surface area contributed by atoms with Gasteiger partial charge in [-0.2, -0.15) is 0 Å². The normalized spacial score (nSPS) is 11.9. The number of hydrogen-bond donors (Lipinski definition) is 1. The van der Waals surface area contributed by atoms with Crippen molar-refractivity contribution in [3.8, 4) is 11.5 Å². The highest BCUT2D eigenvalue weighted by atomic mass is 35.5. The minimum atomic E-state index is 0.396. The summed E-state index contributed by atoms with van der Waals surface area (Å²) in [7, 11) is 1.64. The maximum atomic E-state index is 6.53. The lowest BCUT2D eigenvalue weighted by molar-refractivity contribution is 0.284. The summed E-state index contributed by atoms with van der Waals surface area (Å²) in [5.74, 6) is 1.24. The number of rotatable bonds is 10. The number of benzene rings is 3. The summed E-state index contributed by atoms with van der Waals surface area (Å²) in [4.78, 5) is 0. The third-order valence-electron chi connectivity index (χ3n) is 5.16. The van der Waals surface area contributed by atoms with Gasteiger partial charge in [0.15, 0.2) is 11.5 Å². The first-order valence-corrected chi connectivity index (χ1v) is 10.7. The molecule has 3 aromatic carbocycles. The molecule has 0 saturated heterocycles. The van der Waals surface area contributed by atoms with E-state index in [-0.39, 0.29) is 0 Å². The van der Waals surface area contributed by atoms with Crippen LogP contribution in [-0.4, -0.2) is 13.2 Å². The van der Waals surface area contributed by atoms with Gasteiger partial charge < -0.3 is 14.8 Å². The van der Waals surface area contributed by atoms with Crippen LogP contribution in [0, 0.1) is 6.92 Å². The fourth-order valence-electron chi connectivity index (χ4n) is 3.28. The van der Waals surface area contributed by atoms with Crippen LogP contribution in [-0.2, 0) is 19.6 Å². The van der Waals surface area contributed by atoms with Gasteiger partial charge in [-0.15, -0.1) is 0 Å². The van der Waals surface area contributed by atoms with E-state index in [0.29, 0.717) is 29.2 Å². The van der Waals surface area contributed by atoms with Crippen LogP contribution >= 0.6 is 11.6 Å². The minimum Gasteiger partial charge on any atom is -0.493 e. The standard InChI is InChI=1S/C26H30ClNO2/c1-19-9-12-22(13-10-19)18-30-26-24(27)15-23(16-25(26)29-3)17-28-20(2)11-14-21-7-5-4-6-8-21/h4-10,12-13,15-16,20,28H,11,14,17-18H2,1-3H3/t20-/m1/s1. The average molecular weight is 424 g/mol. The second kappa shape index (κ2) is 11.1. The van der Waals surface area contributed by atoms with Crippen molar-refractivity contribution >= 4 is 11.6 Å². The van der Waals surface area contributed by atoms with E-state index in [9.17, 15) is 0 Å². The molecule has 0 aliphatic carbocycles. The molecule has 30 heavy (non-hydrogen) atoms. The molecule has 1 N–H and O–H groups in total. The molecule has 0 spiro atoms. The number of methoxy groups -OCH3 is 1. The molecule has 0 saturated carbocycles. The van der Waals surface area contributed by atoms with E-state index < -0.39 is 0 Å². The molecule has 0 unspecified atom stereocenters. The van der Waals surface area contributed by atoms with E-state index in [2.05, 4.69) is 73.8 Å². The van der Waals surface area contributed by atoms with Crippen LogP contribution < -0.4 is 14.8 Å². The molecule has 0 fully saturated rings. The highest BCUT2D eigenvalue weighted by Gasteiger charge is 2.13. The molecule has 0 heterocycles. The van der Waals surface area contributed by atoms with E-state index in [1.165, 1.54) is 11.1 Å². The number of aryl methyl sites for hydroxylation is 2. The molecule has 158 valence electrons. The highest BCUT2D eigenvalue weighted by Crippen LogP contribution is 2.37. The van der Waals surface area contributed by atoms with Crippen molar-refractivity contribution in [1.29, 1.82) is 0 Å². The summed E-state index contributed by atoms with van der Waals surface area (Å²) in [6.07, 6.45) is 2.14. The third kappa shape index (κ3) is 6.51. The summed E-state index contributed by atoms with van der Waals surface area (Å²) < 4.78 is 11.5. The summed E-state index contributed by atoms with van der Waals surface area (Å²) in [6.45, 7) is 5.45. The first-order chi connectivity index (χ1) is 14.5. The predicted molar refractivity (Wildman–Crippen MR) is 125 cm³/mol. The largest absolute Gasteiger partial charge is 0.493 e. The van der Waals surface area contributed by atoms with Gasteiger partial charge in [-0.05, 0) is 55.5 Å². The van der Waals surface area contributed by atoms with Gasteiger partial charge in [0.25, 0.3) is 0 Å². The van der Waals surface area contributed by atoms with Gasteiger partial charge in [-0.3, -0.25) is 0 Å². The van der Waals surface area contributed by atoms with E-state index in [0.717, 1.165) is 30.5 Å². The first kappa shape index (κ1) is 22.2. The summed E-state index contributed by atoms with van der Waals surface area (Å²) in [5, 5.41) is 4.14. The smallest absolute Gasteiger partial charge is 0.180 e. The Morgan fingerprint density at radius 3 is 2.37 bits per heavy atom. The quantitative estimate of drug-likeness (QED) is 0.412. The van der Waals surface area contributed by atoms with E-state index in [4.69, 9.17) is 21.1 Å². The summed E-state index contributed by atoms with van der Waals surface area (Å²) in [5.41, 5.74) is 4.76. The Morgan fingerprint density at radius 1 is 0.933 bits per heavy atom. The molecule has 0 bridgehead atoms. The lowest BCUT2D eigenvalue weighted by Crippen LogP contribution is -2.26.